The van der Waals surface area contributed by atoms with Gasteiger partial charge in [-0.2, -0.15) is 0 Å². The van der Waals surface area contributed by atoms with Crippen LogP contribution in [0.4, 0.5) is 11.4 Å². The number of carbonyl (C=O) groups is 4. The van der Waals surface area contributed by atoms with Gasteiger partial charge < -0.3 is 15.0 Å². The van der Waals surface area contributed by atoms with Gasteiger partial charge in [0.1, 0.15) is 5.75 Å². The molecule has 1 atom stereocenters. The summed E-state index contributed by atoms with van der Waals surface area (Å²) in [5, 5.41) is 2.86. The Morgan fingerprint density at radius 1 is 0.842 bits per heavy atom. The van der Waals surface area contributed by atoms with Gasteiger partial charge >= 0.3 is 0 Å². The molecule has 0 saturated heterocycles. The lowest BCUT2D eigenvalue weighted by Gasteiger charge is -2.33. The number of anilines is 2. The highest BCUT2D eigenvalue weighted by Crippen LogP contribution is 2.36. The van der Waals surface area contributed by atoms with Crippen LogP contribution in [0.1, 0.15) is 52.5 Å². The fraction of sp³-hybridized carbons (Fsp3) is 0.267. The molecule has 0 spiro atoms. The molecule has 3 aromatic rings. The molecule has 0 saturated carbocycles. The summed E-state index contributed by atoms with van der Waals surface area (Å²) in [5.41, 5.74) is 3.19. The van der Waals surface area contributed by atoms with E-state index in [4.69, 9.17) is 4.74 Å². The zero-order chi connectivity index (χ0) is 26.6. The second-order valence-electron chi connectivity index (χ2n) is 9.48. The van der Waals surface area contributed by atoms with E-state index in [-0.39, 0.29) is 36.6 Å². The highest BCUT2D eigenvalue weighted by atomic mass is 16.5. The number of hydrogen-bond acceptors (Lipinski definition) is 5. The van der Waals surface area contributed by atoms with Gasteiger partial charge in [-0.3, -0.25) is 24.1 Å². The number of amides is 4. The smallest absolute Gasteiger partial charge is 0.267 e. The maximum Gasteiger partial charge on any atom is 0.267 e. The van der Waals surface area contributed by atoms with Gasteiger partial charge in [0, 0.05) is 25.2 Å². The molecule has 0 aromatic heterocycles. The van der Waals surface area contributed by atoms with Gasteiger partial charge in [0.05, 0.1) is 16.8 Å². The van der Waals surface area contributed by atoms with E-state index in [1.807, 2.05) is 18.2 Å². The van der Waals surface area contributed by atoms with Gasteiger partial charge in [-0.05, 0) is 62.1 Å². The minimum Gasteiger partial charge on any atom is -0.479 e. The summed E-state index contributed by atoms with van der Waals surface area (Å²) in [6.07, 6.45) is 1.53. The molecule has 1 unspecified atom stereocenters. The van der Waals surface area contributed by atoms with Crippen molar-refractivity contribution in [2.75, 3.05) is 23.3 Å². The highest BCUT2D eigenvalue weighted by Gasteiger charge is 2.35. The van der Waals surface area contributed by atoms with Crippen LogP contribution in [-0.4, -0.2) is 47.7 Å². The summed E-state index contributed by atoms with van der Waals surface area (Å²) >= 11 is 0. The van der Waals surface area contributed by atoms with Gasteiger partial charge in [0.15, 0.2) is 6.10 Å². The van der Waals surface area contributed by atoms with Crippen molar-refractivity contribution in [2.24, 2.45) is 0 Å². The number of fused-ring (bicyclic) bond motifs is 2. The van der Waals surface area contributed by atoms with Gasteiger partial charge in [0.25, 0.3) is 17.7 Å². The summed E-state index contributed by atoms with van der Waals surface area (Å²) in [6, 6.07) is 22.1. The maximum atomic E-state index is 12.9. The quantitative estimate of drug-likeness (QED) is 0.428. The van der Waals surface area contributed by atoms with E-state index >= 15 is 0 Å². The Morgan fingerprint density at radius 2 is 1.50 bits per heavy atom. The molecule has 38 heavy (non-hydrogen) atoms. The molecule has 8 heteroatoms. The first kappa shape index (κ1) is 25.2. The van der Waals surface area contributed by atoms with Crippen LogP contribution in [-0.2, 0) is 16.0 Å². The fourth-order valence-corrected chi connectivity index (χ4v) is 4.86. The first-order chi connectivity index (χ1) is 18.4. The number of nitrogens with one attached hydrogen (secondary N) is 1. The Bertz CT molecular complexity index is 1350. The number of aryl methyl sites for hydroxylation is 1. The van der Waals surface area contributed by atoms with Crippen LogP contribution in [0.2, 0.25) is 0 Å². The van der Waals surface area contributed by atoms with Gasteiger partial charge in [0.2, 0.25) is 5.91 Å². The van der Waals surface area contributed by atoms with Crippen LogP contribution in [0.25, 0.3) is 0 Å². The van der Waals surface area contributed by atoms with Crippen LogP contribution in [0.5, 0.6) is 5.75 Å². The standard InChI is InChI=1S/C30H29N3O5/c1-20-28(35)32(17-7-11-21-9-3-2-4-10-21)25-19-22(15-16-26(25)38-20)31-27(34)14-8-18-33-29(36)23-12-5-6-13-24(23)30(33)37/h2-6,9-10,12-13,15-16,19-20H,7-8,11,14,17-18H2,1H3,(H,31,34). The van der Waals surface area contributed by atoms with E-state index < -0.39 is 6.10 Å². The molecule has 3 aromatic carbocycles. The van der Waals surface area contributed by atoms with Crippen LogP contribution in [0.3, 0.4) is 0 Å². The molecule has 2 aliphatic heterocycles. The molecule has 5 rings (SSSR count). The average molecular weight is 512 g/mol. The molecule has 2 heterocycles. The van der Waals surface area contributed by atoms with Gasteiger partial charge in [-0.15, -0.1) is 0 Å². The van der Waals surface area contributed by atoms with Crippen molar-refractivity contribution in [2.45, 2.75) is 38.7 Å². The summed E-state index contributed by atoms with van der Waals surface area (Å²) in [5.74, 6) is -0.414. The topological polar surface area (TPSA) is 96.0 Å². The van der Waals surface area contributed by atoms with Crippen molar-refractivity contribution in [1.29, 1.82) is 0 Å². The molecule has 0 fully saturated rings. The third kappa shape index (κ3) is 5.16. The molecule has 0 bridgehead atoms. The second-order valence-corrected chi connectivity index (χ2v) is 9.48. The van der Waals surface area contributed by atoms with Crippen LogP contribution in [0.15, 0.2) is 72.8 Å². The van der Waals surface area contributed by atoms with Gasteiger partial charge in [-0.25, -0.2) is 0 Å². The van der Waals surface area contributed by atoms with Crippen LogP contribution in [0, 0.1) is 0 Å². The first-order valence-electron chi connectivity index (χ1n) is 12.8. The molecule has 2 aliphatic rings. The Hall–Kier alpha value is -4.46. The molecule has 0 aliphatic carbocycles. The number of ether oxygens (including phenoxy) is 1. The number of imide groups is 1. The number of nitrogens with zero attached hydrogens (tertiary/aromatic N) is 2. The molecule has 4 amide bonds. The third-order valence-corrected chi connectivity index (χ3v) is 6.80. The zero-order valence-corrected chi connectivity index (χ0v) is 21.2. The largest absolute Gasteiger partial charge is 0.479 e. The van der Waals surface area contributed by atoms with E-state index in [1.165, 1.54) is 10.5 Å². The van der Waals surface area contributed by atoms with E-state index in [1.54, 1.807) is 54.3 Å². The van der Waals surface area contributed by atoms with E-state index in [0.29, 0.717) is 41.2 Å². The summed E-state index contributed by atoms with van der Waals surface area (Å²) in [6.45, 7) is 2.44. The molecule has 8 nitrogen and oxygen atoms in total. The Balaban J connectivity index is 1.18. The minimum atomic E-state index is -0.582. The van der Waals surface area contributed by atoms with Crippen molar-refractivity contribution in [1.82, 2.24) is 4.90 Å². The fourth-order valence-electron chi connectivity index (χ4n) is 4.86. The predicted molar refractivity (Wildman–Crippen MR) is 143 cm³/mol. The van der Waals surface area contributed by atoms with Crippen LogP contribution >= 0.6 is 0 Å². The minimum absolute atomic E-state index is 0.116. The van der Waals surface area contributed by atoms with Crippen molar-refractivity contribution in [3.63, 3.8) is 0 Å². The molecular formula is C30H29N3O5. The highest BCUT2D eigenvalue weighted by molar-refractivity contribution is 6.21. The zero-order valence-electron chi connectivity index (χ0n) is 21.2. The first-order valence-corrected chi connectivity index (χ1v) is 12.8. The number of hydrogen-bond donors (Lipinski definition) is 1. The number of carbonyl (C=O) groups excluding carboxylic acids is 4. The lowest BCUT2D eigenvalue weighted by atomic mass is 10.1. The summed E-state index contributed by atoms with van der Waals surface area (Å²) in [7, 11) is 0. The van der Waals surface area contributed by atoms with Gasteiger partial charge in [-0.1, -0.05) is 42.5 Å². The van der Waals surface area contributed by atoms with E-state index in [2.05, 4.69) is 17.4 Å². The van der Waals surface area contributed by atoms with Crippen LogP contribution < -0.4 is 15.0 Å². The van der Waals surface area contributed by atoms with Crippen molar-refractivity contribution < 1.29 is 23.9 Å². The number of rotatable bonds is 9. The molecule has 0 radical (unpaired) electrons. The van der Waals surface area contributed by atoms with Crippen molar-refractivity contribution in [3.05, 3.63) is 89.5 Å². The second kappa shape index (κ2) is 10.9. The van der Waals surface area contributed by atoms with Crippen molar-refractivity contribution in [3.8, 4) is 5.75 Å². The SMILES string of the molecule is CC1Oc2ccc(NC(=O)CCCN3C(=O)c4ccccc4C3=O)cc2N(CCCc2ccccc2)C1=O. The van der Waals surface area contributed by atoms with E-state index in [9.17, 15) is 19.2 Å². The Kier molecular flexibility index (Phi) is 7.22. The summed E-state index contributed by atoms with van der Waals surface area (Å²) in [4.78, 5) is 53.5. The Morgan fingerprint density at radius 3 is 2.21 bits per heavy atom. The molecule has 1 N–H and O–H groups in total. The molecule has 194 valence electrons. The lowest BCUT2D eigenvalue weighted by Crippen LogP contribution is -2.45. The third-order valence-electron chi connectivity index (χ3n) is 6.80. The normalized spacial score (nSPS) is 16.2. The average Bonchev–Trinajstić information content (AvgIpc) is 3.17. The molecular weight excluding hydrogens is 482 g/mol. The Labute approximate surface area is 221 Å². The van der Waals surface area contributed by atoms with Crippen molar-refractivity contribution >= 4 is 35.0 Å². The van der Waals surface area contributed by atoms with E-state index in [0.717, 1.165) is 12.8 Å². The predicted octanol–water partition coefficient (Wildman–Crippen LogP) is 4.45. The lowest BCUT2D eigenvalue weighted by molar-refractivity contribution is -0.125. The maximum absolute atomic E-state index is 12.9. The monoisotopic (exact) mass is 511 g/mol. The number of benzene rings is 3. The summed E-state index contributed by atoms with van der Waals surface area (Å²) < 4.78 is 5.79.